The Balaban J connectivity index is 1.77. The van der Waals surface area contributed by atoms with E-state index in [1.165, 1.54) is 4.90 Å². The van der Waals surface area contributed by atoms with Crippen molar-refractivity contribution < 1.29 is 18.0 Å². The molecule has 148 valence electrons. The fourth-order valence-corrected chi connectivity index (χ4v) is 7.11. The van der Waals surface area contributed by atoms with Gasteiger partial charge in [-0.25, -0.2) is 18.1 Å². The minimum Gasteiger partial charge on any atom is -0.323 e. The van der Waals surface area contributed by atoms with E-state index in [9.17, 15) is 18.0 Å². The van der Waals surface area contributed by atoms with Crippen LogP contribution in [0.1, 0.15) is 53.4 Å². The molecule has 0 radical (unpaired) electrons. The van der Waals surface area contributed by atoms with E-state index in [-0.39, 0.29) is 41.6 Å². The molecule has 0 aromatic carbocycles. The molecule has 26 heavy (non-hydrogen) atoms. The van der Waals surface area contributed by atoms with Gasteiger partial charge in [-0.2, -0.15) is 0 Å². The summed E-state index contributed by atoms with van der Waals surface area (Å²) in [6.45, 7) is 9.13. The van der Waals surface area contributed by atoms with Crippen LogP contribution in [0.2, 0.25) is 0 Å². The molecule has 3 rings (SSSR count). The highest BCUT2D eigenvalue weighted by atomic mass is 32.2. The molecular weight excluding hydrogens is 354 g/mol. The van der Waals surface area contributed by atoms with Crippen LogP contribution in [0.4, 0.5) is 4.79 Å². The second-order valence-electron chi connectivity index (χ2n) is 9.20. The molecule has 3 amide bonds. The normalized spacial score (nSPS) is 36.1. The number of urea groups is 1. The number of hydrogen-bond acceptors (Lipinski definition) is 5. The molecule has 3 aliphatic rings. The second kappa shape index (κ2) is 6.48. The molecule has 7 nitrogen and oxygen atoms in total. The first-order valence-corrected chi connectivity index (χ1v) is 11.4. The SMILES string of the molecule is CCN(CN1C(=O)N[C@]2(C[C@H](C)CC(C)(C)C2)C1=O)[C@H]1CCS(=O)(=O)C1. The summed E-state index contributed by atoms with van der Waals surface area (Å²) in [6, 6.07) is -0.469. The predicted molar refractivity (Wildman–Crippen MR) is 99.2 cm³/mol. The van der Waals surface area contributed by atoms with Gasteiger partial charge >= 0.3 is 6.03 Å². The zero-order valence-electron chi connectivity index (χ0n) is 16.2. The maximum absolute atomic E-state index is 13.2. The summed E-state index contributed by atoms with van der Waals surface area (Å²) in [5.74, 6) is 0.510. The van der Waals surface area contributed by atoms with Gasteiger partial charge in [-0.15, -0.1) is 0 Å². The minimum atomic E-state index is -3.01. The van der Waals surface area contributed by atoms with Crippen molar-refractivity contribution in [1.29, 1.82) is 0 Å². The molecule has 0 aromatic rings. The fraction of sp³-hybridized carbons (Fsp3) is 0.889. The summed E-state index contributed by atoms with van der Waals surface area (Å²) < 4.78 is 23.6. The van der Waals surface area contributed by atoms with Crippen molar-refractivity contribution in [2.75, 3.05) is 24.7 Å². The molecule has 0 unspecified atom stereocenters. The van der Waals surface area contributed by atoms with Crippen molar-refractivity contribution in [2.24, 2.45) is 11.3 Å². The minimum absolute atomic E-state index is 0.000586. The first-order valence-electron chi connectivity index (χ1n) is 9.55. The zero-order chi connectivity index (χ0) is 19.3. The van der Waals surface area contributed by atoms with Gasteiger partial charge < -0.3 is 5.32 Å². The van der Waals surface area contributed by atoms with E-state index < -0.39 is 15.4 Å². The van der Waals surface area contributed by atoms with Crippen LogP contribution >= 0.6 is 0 Å². The molecule has 8 heteroatoms. The lowest BCUT2D eigenvalue weighted by Gasteiger charge is -2.44. The summed E-state index contributed by atoms with van der Waals surface area (Å²) >= 11 is 0. The average molecular weight is 386 g/mol. The third-order valence-electron chi connectivity index (χ3n) is 6.08. The van der Waals surface area contributed by atoms with E-state index in [0.29, 0.717) is 31.7 Å². The monoisotopic (exact) mass is 385 g/mol. The lowest BCUT2D eigenvalue weighted by molar-refractivity contribution is -0.136. The third-order valence-corrected chi connectivity index (χ3v) is 7.83. The highest BCUT2D eigenvalue weighted by Crippen LogP contribution is 2.46. The highest BCUT2D eigenvalue weighted by molar-refractivity contribution is 7.91. The maximum Gasteiger partial charge on any atom is 0.326 e. The highest BCUT2D eigenvalue weighted by Gasteiger charge is 2.56. The van der Waals surface area contributed by atoms with Gasteiger partial charge in [-0.05, 0) is 43.6 Å². The summed E-state index contributed by atoms with van der Waals surface area (Å²) in [7, 11) is -3.01. The number of nitrogens with one attached hydrogen (secondary N) is 1. The Bertz CT molecular complexity index is 705. The first kappa shape index (κ1) is 19.6. The predicted octanol–water partition coefficient (Wildman–Crippen LogP) is 1.59. The molecule has 0 aromatic heterocycles. The van der Waals surface area contributed by atoms with Crippen molar-refractivity contribution in [3.05, 3.63) is 0 Å². The Morgan fingerprint density at radius 2 is 1.96 bits per heavy atom. The molecule has 2 heterocycles. The van der Waals surface area contributed by atoms with Crippen molar-refractivity contribution in [3.8, 4) is 0 Å². The van der Waals surface area contributed by atoms with Crippen LogP contribution in [0.15, 0.2) is 0 Å². The van der Waals surface area contributed by atoms with Crippen LogP contribution in [0, 0.1) is 11.3 Å². The Kier molecular flexibility index (Phi) is 4.88. The quantitative estimate of drug-likeness (QED) is 0.743. The van der Waals surface area contributed by atoms with E-state index in [2.05, 4.69) is 26.1 Å². The molecule has 2 aliphatic heterocycles. The first-order chi connectivity index (χ1) is 12.0. The number of carbonyl (C=O) groups excluding carboxylic acids is 2. The van der Waals surface area contributed by atoms with Gasteiger partial charge in [0.1, 0.15) is 5.54 Å². The number of imide groups is 1. The molecule has 3 atom stereocenters. The van der Waals surface area contributed by atoms with Crippen LogP contribution < -0.4 is 5.32 Å². The number of carbonyl (C=O) groups is 2. The molecule has 1 saturated carbocycles. The van der Waals surface area contributed by atoms with Gasteiger partial charge in [0.05, 0.1) is 18.2 Å². The van der Waals surface area contributed by atoms with Crippen molar-refractivity contribution in [1.82, 2.24) is 15.1 Å². The zero-order valence-corrected chi connectivity index (χ0v) is 17.1. The van der Waals surface area contributed by atoms with E-state index in [1.807, 2.05) is 11.8 Å². The smallest absolute Gasteiger partial charge is 0.323 e. The van der Waals surface area contributed by atoms with E-state index in [4.69, 9.17) is 0 Å². The van der Waals surface area contributed by atoms with Crippen LogP contribution in [0.25, 0.3) is 0 Å². The number of rotatable bonds is 4. The van der Waals surface area contributed by atoms with E-state index >= 15 is 0 Å². The molecule has 2 saturated heterocycles. The van der Waals surface area contributed by atoms with Crippen molar-refractivity contribution >= 4 is 21.8 Å². The van der Waals surface area contributed by atoms with Gasteiger partial charge in [-0.1, -0.05) is 27.7 Å². The topological polar surface area (TPSA) is 86.8 Å². The fourth-order valence-electron chi connectivity index (χ4n) is 5.35. The van der Waals surface area contributed by atoms with Gasteiger partial charge in [-0.3, -0.25) is 9.69 Å². The molecule has 1 spiro atoms. The van der Waals surface area contributed by atoms with Crippen LogP contribution in [-0.4, -0.2) is 66.5 Å². The number of sulfone groups is 1. The van der Waals surface area contributed by atoms with Gasteiger partial charge in [0.15, 0.2) is 9.84 Å². The largest absolute Gasteiger partial charge is 0.326 e. The molecular formula is C18H31N3O4S. The lowest BCUT2D eigenvalue weighted by Crippen LogP contribution is -2.54. The standard InChI is InChI=1S/C18H31N3O4S/c1-5-20(14-6-7-26(24,25)10-14)12-21-15(22)18(19-16(21)23)9-13(2)8-17(3,4)11-18/h13-14H,5-12H2,1-4H3,(H,19,23)/t13-,14+,18+/m1/s1. The Hall–Kier alpha value is -1.15. The Morgan fingerprint density at radius 1 is 1.27 bits per heavy atom. The summed E-state index contributed by atoms with van der Waals surface area (Å²) in [5.41, 5.74) is -0.806. The lowest BCUT2D eigenvalue weighted by atomic mass is 9.64. The average Bonchev–Trinajstić information content (AvgIpc) is 2.94. The maximum atomic E-state index is 13.2. The van der Waals surface area contributed by atoms with Crippen LogP contribution in [-0.2, 0) is 14.6 Å². The Morgan fingerprint density at radius 3 is 2.50 bits per heavy atom. The second-order valence-corrected chi connectivity index (χ2v) is 11.4. The molecule has 3 fully saturated rings. The summed E-state index contributed by atoms with van der Waals surface area (Å²) in [5, 5.41) is 2.98. The number of nitrogens with zero attached hydrogens (tertiary/aromatic N) is 2. The van der Waals surface area contributed by atoms with Gasteiger partial charge in [0.25, 0.3) is 5.91 Å². The molecule has 1 N–H and O–H groups in total. The van der Waals surface area contributed by atoms with Gasteiger partial charge in [0.2, 0.25) is 0 Å². The third kappa shape index (κ3) is 3.63. The van der Waals surface area contributed by atoms with Crippen molar-refractivity contribution in [3.63, 3.8) is 0 Å². The summed E-state index contributed by atoms with van der Waals surface area (Å²) in [4.78, 5) is 29.1. The molecule has 1 aliphatic carbocycles. The van der Waals surface area contributed by atoms with E-state index in [1.54, 1.807) is 0 Å². The van der Waals surface area contributed by atoms with Gasteiger partial charge in [0, 0.05) is 6.04 Å². The molecule has 0 bridgehead atoms. The van der Waals surface area contributed by atoms with Crippen LogP contribution in [0.5, 0.6) is 0 Å². The number of hydrogen-bond donors (Lipinski definition) is 1. The van der Waals surface area contributed by atoms with Crippen LogP contribution in [0.3, 0.4) is 0 Å². The van der Waals surface area contributed by atoms with E-state index in [0.717, 1.165) is 6.42 Å². The van der Waals surface area contributed by atoms with Crippen molar-refractivity contribution in [2.45, 2.75) is 65.0 Å². The number of amides is 3. The summed E-state index contributed by atoms with van der Waals surface area (Å²) in [6.07, 6.45) is 2.92. The Labute approximate surface area is 156 Å².